The molecule has 1 aliphatic rings. The van der Waals surface area contributed by atoms with Crippen LogP contribution in [-0.4, -0.2) is 48.5 Å². The Balaban J connectivity index is 1.82. The summed E-state index contributed by atoms with van der Waals surface area (Å²) >= 11 is 0. The smallest absolute Gasteiger partial charge is 0.196 e. The lowest BCUT2D eigenvalue weighted by Gasteiger charge is -2.34. The van der Waals surface area contributed by atoms with Crippen LogP contribution in [0.1, 0.15) is 6.92 Å². The number of piperazine rings is 1. The first-order valence-corrected chi connectivity index (χ1v) is 8.24. The lowest BCUT2D eigenvalue weighted by molar-refractivity contribution is 0.189. The number of nitrogens with two attached hydrogens (primary N) is 1. The molecule has 0 amide bonds. The molecule has 0 spiro atoms. The van der Waals surface area contributed by atoms with Crippen LogP contribution in [0, 0.1) is 0 Å². The fraction of sp³-hybridized carbons (Fsp3) is 0.316. The predicted molar refractivity (Wildman–Crippen MR) is 96.8 cm³/mol. The molecule has 4 nitrogen and oxygen atoms in total. The van der Waals surface area contributed by atoms with Gasteiger partial charge in [-0.15, -0.1) is 0 Å². The van der Waals surface area contributed by atoms with Crippen LogP contribution in [0.25, 0.3) is 11.1 Å². The van der Waals surface area contributed by atoms with Gasteiger partial charge in [0.25, 0.3) is 0 Å². The van der Waals surface area contributed by atoms with Gasteiger partial charge in [-0.3, -0.25) is 0 Å². The van der Waals surface area contributed by atoms with Crippen LogP contribution in [0.5, 0.6) is 0 Å². The number of hydrogen-bond acceptors (Lipinski definition) is 2. The number of nitrogens with zero attached hydrogens (tertiary/aromatic N) is 3. The fourth-order valence-electron chi connectivity index (χ4n) is 2.92. The Morgan fingerprint density at radius 1 is 0.957 bits per heavy atom. The Hall–Kier alpha value is -2.33. The summed E-state index contributed by atoms with van der Waals surface area (Å²) in [6.07, 6.45) is 0. The average Bonchev–Trinajstić information content (AvgIpc) is 2.63. The summed E-state index contributed by atoms with van der Waals surface area (Å²) in [4.78, 5) is 9.32. The van der Waals surface area contributed by atoms with Gasteiger partial charge in [-0.05, 0) is 18.2 Å². The number of hydrogen-bond donors (Lipinski definition) is 1. The lowest BCUT2D eigenvalue weighted by atomic mass is 10.0. The number of benzene rings is 2. The Labute approximate surface area is 138 Å². The first kappa shape index (κ1) is 15.6. The van der Waals surface area contributed by atoms with Gasteiger partial charge in [0.1, 0.15) is 0 Å². The second-order valence-corrected chi connectivity index (χ2v) is 5.77. The summed E-state index contributed by atoms with van der Waals surface area (Å²) in [6.45, 7) is 7.28. The third kappa shape index (κ3) is 3.71. The molecule has 4 heteroatoms. The third-order valence-corrected chi connectivity index (χ3v) is 4.37. The molecule has 1 aliphatic heterocycles. The van der Waals surface area contributed by atoms with Gasteiger partial charge in [0, 0.05) is 31.7 Å². The Morgan fingerprint density at radius 2 is 1.61 bits per heavy atom. The summed E-state index contributed by atoms with van der Waals surface area (Å²) in [7, 11) is 0. The van der Waals surface area contributed by atoms with Gasteiger partial charge in [0.2, 0.25) is 0 Å². The standard InChI is InChI=1S/C19H24N4/c1-2-22-12-14-23(15-13-22)19(20)21-18-11-7-6-10-17(18)16-8-4-3-5-9-16/h3-11H,2,12-15H2,1H3,(H2,20,21). The van der Waals surface area contributed by atoms with Crippen molar-refractivity contribution in [3.63, 3.8) is 0 Å². The van der Waals surface area contributed by atoms with Crippen molar-refractivity contribution in [3.05, 3.63) is 54.6 Å². The van der Waals surface area contributed by atoms with E-state index in [2.05, 4.69) is 34.9 Å². The van der Waals surface area contributed by atoms with Crippen LogP contribution in [0.3, 0.4) is 0 Å². The zero-order valence-corrected chi connectivity index (χ0v) is 13.7. The molecule has 1 heterocycles. The normalized spacial score (nSPS) is 16.6. The Morgan fingerprint density at radius 3 is 2.30 bits per heavy atom. The zero-order chi connectivity index (χ0) is 16.1. The summed E-state index contributed by atoms with van der Waals surface area (Å²) in [5, 5.41) is 0. The highest BCUT2D eigenvalue weighted by Gasteiger charge is 2.17. The summed E-state index contributed by atoms with van der Waals surface area (Å²) in [5.41, 5.74) is 9.47. The molecule has 2 N–H and O–H groups in total. The molecule has 0 bridgehead atoms. The molecule has 0 aromatic heterocycles. The minimum absolute atomic E-state index is 0.615. The molecule has 0 aliphatic carbocycles. The quantitative estimate of drug-likeness (QED) is 0.700. The van der Waals surface area contributed by atoms with Crippen LogP contribution in [0.4, 0.5) is 5.69 Å². The molecule has 1 saturated heterocycles. The van der Waals surface area contributed by atoms with Gasteiger partial charge < -0.3 is 15.5 Å². The monoisotopic (exact) mass is 308 g/mol. The van der Waals surface area contributed by atoms with Crippen LogP contribution in [0.2, 0.25) is 0 Å². The SMILES string of the molecule is CCN1CCN(C(N)=Nc2ccccc2-c2ccccc2)CC1. The van der Waals surface area contributed by atoms with E-state index in [9.17, 15) is 0 Å². The van der Waals surface area contributed by atoms with E-state index in [1.807, 2.05) is 36.4 Å². The van der Waals surface area contributed by atoms with Crippen molar-refractivity contribution < 1.29 is 0 Å². The lowest BCUT2D eigenvalue weighted by Crippen LogP contribution is -2.50. The van der Waals surface area contributed by atoms with E-state index in [4.69, 9.17) is 10.7 Å². The largest absolute Gasteiger partial charge is 0.369 e. The number of rotatable bonds is 3. The maximum atomic E-state index is 6.27. The van der Waals surface area contributed by atoms with Crippen molar-refractivity contribution in [3.8, 4) is 11.1 Å². The van der Waals surface area contributed by atoms with Crippen molar-refractivity contribution in [1.29, 1.82) is 0 Å². The number of guanidine groups is 1. The van der Waals surface area contributed by atoms with Gasteiger partial charge in [0.15, 0.2) is 5.96 Å². The van der Waals surface area contributed by atoms with Crippen LogP contribution < -0.4 is 5.73 Å². The molecular weight excluding hydrogens is 284 g/mol. The molecule has 2 aromatic rings. The molecule has 1 fully saturated rings. The topological polar surface area (TPSA) is 44.9 Å². The van der Waals surface area contributed by atoms with E-state index >= 15 is 0 Å². The molecule has 2 aromatic carbocycles. The van der Waals surface area contributed by atoms with E-state index in [0.29, 0.717) is 5.96 Å². The fourth-order valence-corrected chi connectivity index (χ4v) is 2.92. The van der Waals surface area contributed by atoms with E-state index < -0.39 is 0 Å². The number of para-hydroxylation sites is 1. The maximum absolute atomic E-state index is 6.27. The van der Waals surface area contributed by atoms with Gasteiger partial charge in [-0.25, -0.2) is 4.99 Å². The second-order valence-electron chi connectivity index (χ2n) is 5.77. The molecular formula is C19H24N4. The molecule has 0 radical (unpaired) electrons. The van der Waals surface area contributed by atoms with E-state index in [1.54, 1.807) is 0 Å². The molecule has 3 rings (SSSR count). The Kier molecular flexibility index (Phi) is 4.93. The van der Waals surface area contributed by atoms with Gasteiger partial charge in [-0.1, -0.05) is 55.5 Å². The van der Waals surface area contributed by atoms with Crippen molar-refractivity contribution in [2.75, 3.05) is 32.7 Å². The van der Waals surface area contributed by atoms with Crippen molar-refractivity contribution in [1.82, 2.24) is 9.80 Å². The summed E-state index contributed by atoms with van der Waals surface area (Å²) in [6, 6.07) is 18.5. The van der Waals surface area contributed by atoms with Crippen molar-refractivity contribution in [2.45, 2.75) is 6.92 Å². The third-order valence-electron chi connectivity index (χ3n) is 4.37. The van der Waals surface area contributed by atoms with Gasteiger partial charge in [0.05, 0.1) is 5.69 Å². The predicted octanol–water partition coefficient (Wildman–Crippen LogP) is 2.94. The van der Waals surface area contributed by atoms with E-state index in [-0.39, 0.29) is 0 Å². The van der Waals surface area contributed by atoms with Crippen LogP contribution >= 0.6 is 0 Å². The average molecular weight is 308 g/mol. The minimum atomic E-state index is 0.615. The highest BCUT2D eigenvalue weighted by molar-refractivity contribution is 5.85. The van der Waals surface area contributed by atoms with E-state index in [0.717, 1.165) is 49.5 Å². The molecule has 0 saturated carbocycles. The molecule has 120 valence electrons. The van der Waals surface area contributed by atoms with Gasteiger partial charge >= 0.3 is 0 Å². The molecule has 23 heavy (non-hydrogen) atoms. The zero-order valence-electron chi connectivity index (χ0n) is 13.7. The number of likely N-dealkylation sites (N-methyl/N-ethyl adjacent to an activating group) is 1. The highest BCUT2D eigenvalue weighted by atomic mass is 15.3. The second kappa shape index (κ2) is 7.29. The summed E-state index contributed by atoms with van der Waals surface area (Å²) in [5.74, 6) is 0.615. The summed E-state index contributed by atoms with van der Waals surface area (Å²) < 4.78 is 0. The first-order valence-electron chi connectivity index (χ1n) is 8.24. The van der Waals surface area contributed by atoms with Crippen molar-refractivity contribution >= 4 is 11.6 Å². The van der Waals surface area contributed by atoms with E-state index in [1.165, 1.54) is 0 Å². The number of aliphatic imine (C=N–C) groups is 1. The Bertz CT molecular complexity index is 658. The first-order chi connectivity index (χ1) is 11.3. The minimum Gasteiger partial charge on any atom is -0.369 e. The molecule has 0 unspecified atom stereocenters. The van der Waals surface area contributed by atoms with Crippen LogP contribution in [-0.2, 0) is 0 Å². The maximum Gasteiger partial charge on any atom is 0.196 e. The van der Waals surface area contributed by atoms with Gasteiger partial charge in [-0.2, -0.15) is 0 Å². The van der Waals surface area contributed by atoms with Crippen molar-refractivity contribution in [2.24, 2.45) is 10.7 Å². The highest BCUT2D eigenvalue weighted by Crippen LogP contribution is 2.29. The van der Waals surface area contributed by atoms with Crippen LogP contribution in [0.15, 0.2) is 59.6 Å². The molecule has 0 atom stereocenters.